The fraction of sp³-hybridized carbons (Fsp3) is 0.316. The summed E-state index contributed by atoms with van der Waals surface area (Å²) in [5.74, 6) is -0.147. The Kier molecular flexibility index (Phi) is 6.11. The van der Waals surface area contributed by atoms with E-state index in [0.29, 0.717) is 33.7 Å². The van der Waals surface area contributed by atoms with Crippen LogP contribution in [0.25, 0.3) is 16.9 Å². The minimum absolute atomic E-state index is 0.147. The van der Waals surface area contributed by atoms with Crippen molar-refractivity contribution in [3.8, 4) is 11.3 Å². The largest absolute Gasteiger partial charge is 0.390 e. The molecule has 2 N–H and O–H groups in total. The number of aryl methyl sites for hydroxylation is 1. The zero-order valence-electron chi connectivity index (χ0n) is 15.8. The first kappa shape index (κ1) is 21.1. The first-order valence-electron chi connectivity index (χ1n) is 8.93. The van der Waals surface area contributed by atoms with E-state index in [1.54, 1.807) is 28.9 Å². The van der Waals surface area contributed by atoms with E-state index in [0.717, 1.165) is 11.1 Å². The van der Waals surface area contributed by atoms with Crippen LogP contribution in [0.2, 0.25) is 0 Å². The summed E-state index contributed by atoms with van der Waals surface area (Å²) < 4.78 is 39.3. The van der Waals surface area contributed by atoms with Gasteiger partial charge in [0.1, 0.15) is 4.60 Å². The quantitative estimate of drug-likeness (QED) is 0.554. The number of carbonyl (C=O) groups excluding carboxylic acids is 1. The number of rotatable bonds is 6. The van der Waals surface area contributed by atoms with Crippen molar-refractivity contribution in [1.82, 2.24) is 19.9 Å². The molecule has 0 fully saturated rings. The molecule has 0 aliphatic carbocycles. The van der Waals surface area contributed by atoms with Gasteiger partial charge in [0.15, 0.2) is 5.65 Å². The number of fused-ring (bicyclic) bond motifs is 1. The van der Waals surface area contributed by atoms with Gasteiger partial charge in [-0.25, -0.2) is 9.50 Å². The van der Waals surface area contributed by atoms with Crippen LogP contribution in [0, 0.1) is 6.92 Å². The van der Waals surface area contributed by atoms with Crippen LogP contribution in [-0.2, 0) is 0 Å². The Morgan fingerprint density at radius 2 is 2.03 bits per heavy atom. The van der Waals surface area contributed by atoms with Crippen LogP contribution in [0.15, 0.2) is 35.1 Å². The summed E-state index contributed by atoms with van der Waals surface area (Å²) in [6.45, 7) is 3.96. The summed E-state index contributed by atoms with van der Waals surface area (Å²) in [7, 11) is 0. The minimum atomic E-state index is -4.24. The maximum absolute atomic E-state index is 12.4. The van der Waals surface area contributed by atoms with Crippen LogP contribution in [0.1, 0.15) is 29.3 Å². The van der Waals surface area contributed by atoms with Crippen molar-refractivity contribution in [2.45, 2.75) is 26.4 Å². The molecule has 0 atom stereocenters. The van der Waals surface area contributed by atoms with E-state index in [4.69, 9.17) is 0 Å². The lowest BCUT2D eigenvalue weighted by molar-refractivity contribution is -0.131. The van der Waals surface area contributed by atoms with Crippen molar-refractivity contribution in [2.75, 3.05) is 18.4 Å². The molecule has 0 bridgehead atoms. The van der Waals surface area contributed by atoms with Gasteiger partial charge in [0.05, 0.1) is 24.0 Å². The zero-order valence-corrected chi connectivity index (χ0v) is 17.4. The number of hydrogen-bond donors (Lipinski definition) is 2. The molecule has 0 aliphatic rings. The van der Waals surface area contributed by atoms with Crippen molar-refractivity contribution in [2.24, 2.45) is 0 Å². The van der Waals surface area contributed by atoms with Crippen LogP contribution >= 0.6 is 15.9 Å². The summed E-state index contributed by atoms with van der Waals surface area (Å²) in [5, 5.41) is 9.92. The number of nitrogens with one attached hydrogen (secondary N) is 2. The Morgan fingerprint density at radius 3 is 2.69 bits per heavy atom. The van der Waals surface area contributed by atoms with Gasteiger partial charge >= 0.3 is 6.18 Å². The molecule has 2 heterocycles. The lowest BCUT2D eigenvalue weighted by atomic mass is 10.0. The molecule has 1 amide bonds. The van der Waals surface area contributed by atoms with Gasteiger partial charge in [-0.3, -0.25) is 4.79 Å². The van der Waals surface area contributed by atoms with E-state index in [1.165, 1.54) is 0 Å². The second-order valence-corrected chi connectivity index (χ2v) is 7.25. The molecule has 0 unspecified atom stereocenters. The van der Waals surface area contributed by atoms with E-state index >= 15 is 0 Å². The number of carbonyl (C=O) groups is 1. The van der Waals surface area contributed by atoms with Crippen LogP contribution in [0.3, 0.4) is 0 Å². The normalized spacial score (nSPS) is 11.7. The maximum atomic E-state index is 12.4. The summed E-state index contributed by atoms with van der Waals surface area (Å²) in [4.78, 5) is 16.4. The predicted molar refractivity (Wildman–Crippen MR) is 108 cm³/mol. The van der Waals surface area contributed by atoms with Crippen LogP contribution < -0.4 is 10.6 Å². The summed E-state index contributed by atoms with van der Waals surface area (Å²) in [6, 6.07) is 6.97. The zero-order chi connectivity index (χ0) is 21.2. The molecule has 0 saturated heterocycles. The Bertz CT molecular complexity index is 1050. The highest BCUT2D eigenvalue weighted by atomic mass is 79.9. The molecule has 6 nitrogen and oxygen atoms in total. The Balaban J connectivity index is 1.95. The summed E-state index contributed by atoms with van der Waals surface area (Å²) in [6.07, 6.45) is -3.59. The number of hydrogen-bond acceptors (Lipinski definition) is 4. The van der Waals surface area contributed by atoms with Gasteiger partial charge in [-0.2, -0.15) is 18.3 Å². The minimum Gasteiger partial charge on any atom is -0.382 e. The van der Waals surface area contributed by atoms with Crippen LogP contribution in [0.5, 0.6) is 0 Å². The molecule has 1 aromatic carbocycles. The molecule has 3 aromatic rings. The lowest BCUT2D eigenvalue weighted by Crippen LogP contribution is -2.23. The fourth-order valence-corrected chi connectivity index (χ4v) is 3.33. The highest BCUT2D eigenvalue weighted by molar-refractivity contribution is 9.10. The van der Waals surface area contributed by atoms with Gasteiger partial charge in [-0.05, 0) is 53.5 Å². The lowest BCUT2D eigenvalue weighted by Gasteiger charge is -2.11. The molecular formula is C19H19BrF3N5O. The number of aromatic nitrogens is 3. The van der Waals surface area contributed by atoms with E-state index in [9.17, 15) is 18.0 Å². The van der Waals surface area contributed by atoms with E-state index in [2.05, 4.69) is 36.6 Å². The monoisotopic (exact) mass is 469 g/mol. The van der Waals surface area contributed by atoms with E-state index in [1.807, 2.05) is 19.9 Å². The highest BCUT2D eigenvalue weighted by Crippen LogP contribution is 2.28. The Labute approximate surface area is 173 Å². The third kappa shape index (κ3) is 4.87. The number of nitrogens with zero attached hydrogens (tertiary/aromatic N) is 3. The third-order valence-electron chi connectivity index (χ3n) is 4.27. The molecule has 3 rings (SSSR count). The number of amides is 1. The molecule has 2 aromatic heterocycles. The maximum Gasteiger partial charge on any atom is 0.390 e. The summed E-state index contributed by atoms with van der Waals surface area (Å²) >= 11 is 3.29. The van der Waals surface area contributed by atoms with Crippen molar-refractivity contribution in [3.63, 3.8) is 0 Å². The molecule has 0 spiro atoms. The van der Waals surface area contributed by atoms with Gasteiger partial charge in [0, 0.05) is 24.2 Å². The van der Waals surface area contributed by atoms with E-state index in [-0.39, 0.29) is 12.5 Å². The second kappa shape index (κ2) is 8.40. The number of alkyl halides is 3. The molecular weight excluding hydrogens is 451 g/mol. The number of benzene rings is 1. The SMILES string of the molecule is CCNC(=O)c1ccc(-c2cnc3c(NCCC(F)(F)F)cc(Br)nn23)cc1C. The van der Waals surface area contributed by atoms with Crippen molar-refractivity contribution in [1.29, 1.82) is 0 Å². The third-order valence-corrected chi connectivity index (χ3v) is 4.65. The Hall–Kier alpha value is -2.62. The average molecular weight is 470 g/mol. The summed E-state index contributed by atoms with van der Waals surface area (Å²) in [5.41, 5.74) is 3.67. The molecule has 0 radical (unpaired) electrons. The topological polar surface area (TPSA) is 71.3 Å². The van der Waals surface area contributed by atoms with Gasteiger partial charge in [-0.1, -0.05) is 6.07 Å². The average Bonchev–Trinajstić information content (AvgIpc) is 3.04. The first-order valence-corrected chi connectivity index (χ1v) is 9.73. The molecule has 10 heteroatoms. The number of imidazole rings is 1. The molecule has 29 heavy (non-hydrogen) atoms. The van der Waals surface area contributed by atoms with Gasteiger partial charge in [0.25, 0.3) is 5.91 Å². The van der Waals surface area contributed by atoms with Crippen molar-refractivity contribution < 1.29 is 18.0 Å². The smallest absolute Gasteiger partial charge is 0.382 e. The highest BCUT2D eigenvalue weighted by Gasteiger charge is 2.26. The van der Waals surface area contributed by atoms with Crippen LogP contribution in [0.4, 0.5) is 18.9 Å². The van der Waals surface area contributed by atoms with E-state index < -0.39 is 12.6 Å². The van der Waals surface area contributed by atoms with Crippen molar-refractivity contribution >= 4 is 33.2 Å². The van der Waals surface area contributed by atoms with Crippen LogP contribution in [-0.4, -0.2) is 39.8 Å². The van der Waals surface area contributed by atoms with Crippen molar-refractivity contribution in [3.05, 3.63) is 46.2 Å². The number of anilines is 1. The fourth-order valence-electron chi connectivity index (χ4n) is 2.94. The predicted octanol–water partition coefficient (Wildman–Crippen LogP) is 4.58. The molecule has 154 valence electrons. The molecule has 0 saturated carbocycles. The van der Waals surface area contributed by atoms with Gasteiger partial charge in [0.2, 0.25) is 0 Å². The van der Waals surface area contributed by atoms with Gasteiger partial charge < -0.3 is 10.6 Å². The standard InChI is InChI=1S/C19H19BrF3N5O/c1-3-24-18(29)13-5-4-12(8-11(13)2)15-10-26-17-14(9-16(20)27-28(15)17)25-7-6-19(21,22)23/h4-5,8-10,25H,3,6-7H2,1-2H3,(H,24,29). The van der Waals surface area contributed by atoms with Gasteiger partial charge in [-0.15, -0.1) is 0 Å². The Morgan fingerprint density at radius 1 is 1.28 bits per heavy atom. The first-order chi connectivity index (χ1) is 13.7. The molecule has 0 aliphatic heterocycles. The second-order valence-electron chi connectivity index (χ2n) is 6.44. The number of halogens is 4.